The van der Waals surface area contributed by atoms with Crippen LogP contribution in [-0.2, 0) is 0 Å². The van der Waals surface area contributed by atoms with E-state index in [0.717, 1.165) is 7.60 Å². The van der Waals surface area contributed by atoms with Gasteiger partial charge in [0.2, 0.25) is 0 Å². The molecule has 0 amide bonds. The van der Waals surface area contributed by atoms with E-state index in [1.807, 2.05) is 24.3 Å². The van der Waals surface area contributed by atoms with Crippen LogP contribution in [0.25, 0.3) is 0 Å². The molecule has 0 saturated carbocycles. The molecule has 52 valence electrons. The molecule has 0 radical (unpaired) electrons. The Kier molecular flexibility index (Phi) is 3.98. The van der Waals surface area contributed by atoms with Crippen LogP contribution in [0.4, 0.5) is 0 Å². The Morgan fingerprint density at radius 3 is 2.00 bits per heavy atom. The first-order valence-corrected chi connectivity index (χ1v) is 16.8. The van der Waals surface area contributed by atoms with Crippen LogP contribution >= 0.6 is 32.6 Å². The van der Waals surface area contributed by atoms with E-state index >= 15 is 0 Å². The molecule has 0 bridgehead atoms. The Hall–Kier alpha value is 1.20. The molecule has 0 saturated heterocycles. The van der Waals surface area contributed by atoms with Crippen LogP contribution < -0.4 is 3.12 Å². The van der Waals surface area contributed by atoms with Crippen LogP contribution in [0.15, 0.2) is 28.7 Å². The Bertz CT molecular complexity index is 209. The van der Waals surface area contributed by atoms with Crippen molar-refractivity contribution in [1.29, 1.82) is 0 Å². The summed E-state index contributed by atoms with van der Waals surface area (Å²) in [6.45, 7) is 0. The molecule has 0 fully saturated rings. The summed E-state index contributed by atoms with van der Waals surface area (Å²) in [7, 11) is 11.7. The molecule has 1 rings (SSSR count). The van der Waals surface area contributed by atoms with Gasteiger partial charge in [-0.05, 0) is 0 Å². The van der Waals surface area contributed by atoms with E-state index in [1.165, 1.54) is 0 Å². The summed E-state index contributed by atoms with van der Waals surface area (Å²) in [4.78, 5) is 0. The van der Waals surface area contributed by atoms with E-state index in [0.29, 0.717) is 0 Å². The van der Waals surface area contributed by atoms with Gasteiger partial charge in [0.1, 0.15) is 0 Å². The van der Waals surface area contributed by atoms with E-state index < -0.39 is 20.3 Å². The first kappa shape index (κ1) is 9.29. The van der Waals surface area contributed by atoms with Crippen LogP contribution in [0.5, 0.6) is 0 Å². The number of benzene rings is 1. The normalized spacial score (nSPS) is 9.50. The quantitative estimate of drug-likeness (QED) is 0.600. The maximum atomic E-state index is 5.83. The number of hydrogen-bond acceptors (Lipinski definition) is 0. The molecule has 0 aliphatic carbocycles. The number of halogens is 3. The molecule has 0 nitrogen and oxygen atoms in total. The SMILES string of the molecule is [Cl][Tl]([Cl])[c]1ccc(Br)cc1. The third-order valence-electron chi connectivity index (χ3n) is 1.12. The predicted octanol–water partition coefficient (Wildman–Crippen LogP) is 2.62. The van der Waals surface area contributed by atoms with Crippen LogP contribution in [0.2, 0.25) is 0 Å². The monoisotopic (exact) mass is 430 g/mol. The van der Waals surface area contributed by atoms with Crippen molar-refractivity contribution in [2.75, 3.05) is 0 Å². The molecule has 0 aliphatic heterocycles. The Balaban J connectivity index is 2.89. The Morgan fingerprint density at radius 1 is 1.10 bits per heavy atom. The second-order valence-electron chi connectivity index (χ2n) is 1.85. The minimum absolute atomic E-state index is 1.07. The standard InChI is InChI=1S/C6H4Br.2ClH.Tl/c7-6-4-2-1-3-5-6;;;/h2-5H;2*1H;/q;;;+2/p-2. The average molecular weight is 431 g/mol. The van der Waals surface area contributed by atoms with Crippen molar-refractivity contribution in [2.45, 2.75) is 0 Å². The van der Waals surface area contributed by atoms with Crippen molar-refractivity contribution in [2.24, 2.45) is 0 Å². The van der Waals surface area contributed by atoms with E-state index in [4.69, 9.17) is 16.6 Å². The third-order valence-corrected chi connectivity index (χ3v) is 9.53. The molecule has 0 N–H and O–H groups in total. The van der Waals surface area contributed by atoms with Gasteiger partial charge in [-0.25, -0.2) is 0 Å². The molecule has 1 aromatic carbocycles. The predicted molar refractivity (Wildman–Crippen MR) is 51.2 cm³/mol. The summed E-state index contributed by atoms with van der Waals surface area (Å²) in [6, 6.07) is 7.90. The van der Waals surface area contributed by atoms with Crippen molar-refractivity contribution in [3.05, 3.63) is 28.7 Å². The zero-order valence-corrected chi connectivity index (χ0v) is 12.6. The zero-order valence-electron chi connectivity index (χ0n) is 5.02. The average Bonchev–Trinajstić information content (AvgIpc) is 1.88. The summed E-state index contributed by atoms with van der Waals surface area (Å²) in [5.41, 5.74) is 0. The van der Waals surface area contributed by atoms with Crippen LogP contribution in [0, 0.1) is 0 Å². The fraction of sp³-hybridized carbons (Fsp3) is 0. The first-order chi connectivity index (χ1) is 4.70. The van der Waals surface area contributed by atoms with Gasteiger partial charge in [-0.3, -0.25) is 0 Å². The van der Waals surface area contributed by atoms with Gasteiger partial charge < -0.3 is 0 Å². The summed E-state index contributed by atoms with van der Waals surface area (Å²) in [5.74, 6) is 0. The van der Waals surface area contributed by atoms with Crippen LogP contribution in [0.1, 0.15) is 0 Å². The van der Waals surface area contributed by atoms with Gasteiger partial charge in [0.05, 0.1) is 0 Å². The third kappa shape index (κ3) is 2.68. The molecule has 1 aromatic rings. The van der Waals surface area contributed by atoms with E-state index in [1.54, 1.807) is 0 Å². The molecule has 0 aromatic heterocycles. The van der Waals surface area contributed by atoms with Crippen LogP contribution in [0.3, 0.4) is 0 Å². The summed E-state index contributed by atoms with van der Waals surface area (Å²) >= 11 is 0.986. The van der Waals surface area contributed by atoms with Crippen molar-refractivity contribution >= 4 is 55.9 Å². The van der Waals surface area contributed by atoms with Crippen molar-refractivity contribution in [3.8, 4) is 0 Å². The summed E-state index contributed by atoms with van der Waals surface area (Å²) in [6.07, 6.45) is 0. The van der Waals surface area contributed by atoms with E-state index in [2.05, 4.69) is 15.9 Å². The van der Waals surface area contributed by atoms with Gasteiger partial charge in [-0.2, -0.15) is 0 Å². The molecule has 4 heteroatoms. The van der Waals surface area contributed by atoms with Gasteiger partial charge in [-0.15, -0.1) is 0 Å². The van der Waals surface area contributed by atoms with E-state index in [-0.39, 0.29) is 0 Å². The van der Waals surface area contributed by atoms with Gasteiger partial charge >= 0.3 is 84.7 Å². The van der Waals surface area contributed by atoms with Crippen molar-refractivity contribution < 1.29 is 0 Å². The molecule has 0 spiro atoms. The Labute approximate surface area is 83.7 Å². The Morgan fingerprint density at radius 2 is 1.60 bits per heavy atom. The van der Waals surface area contributed by atoms with Gasteiger partial charge in [0.15, 0.2) is 0 Å². The second kappa shape index (κ2) is 4.28. The zero-order chi connectivity index (χ0) is 7.56. The van der Waals surface area contributed by atoms with Gasteiger partial charge in [0.25, 0.3) is 0 Å². The summed E-state index contributed by atoms with van der Waals surface area (Å²) < 4.78 is 2.21. The topological polar surface area (TPSA) is 0 Å². The molecular formula is C6H4BrCl2Tl. The van der Waals surface area contributed by atoms with Gasteiger partial charge in [-0.1, -0.05) is 0 Å². The van der Waals surface area contributed by atoms with E-state index in [9.17, 15) is 0 Å². The molecule has 0 heterocycles. The minimum atomic E-state index is -2.35. The van der Waals surface area contributed by atoms with Crippen molar-refractivity contribution in [3.63, 3.8) is 0 Å². The van der Waals surface area contributed by atoms with Crippen LogP contribution in [-0.4, -0.2) is 20.3 Å². The molecule has 0 atom stereocenters. The molecule has 10 heavy (non-hydrogen) atoms. The number of rotatable bonds is 1. The summed E-state index contributed by atoms with van der Waals surface area (Å²) in [5, 5.41) is 0. The second-order valence-corrected chi connectivity index (χ2v) is 17.3. The first-order valence-electron chi connectivity index (χ1n) is 2.74. The molecular weight excluding hydrogens is 427 g/mol. The van der Waals surface area contributed by atoms with Crippen molar-refractivity contribution in [1.82, 2.24) is 0 Å². The van der Waals surface area contributed by atoms with Gasteiger partial charge in [0, 0.05) is 0 Å². The molecule has 0 unspecified atom stereocenters. The fourth-order valence-corrected chi connectivity index (χ4v) is 5.30. The molecule has 0 aliphatic rings. The fourth-order valence-electron chi connectivity index (χ4n) is 0.608. The maximum absolute atomic E-state index is 5.83. The number of hydrogen-bond donors (Lipinski definition) is 0.